The molecule has 7 heteroatoms. The minimum atomic E-state index is -0.352. The number of hydrogen-bond acceptors (Lipinski definition) is 5. The summed E-state index contributed by atoms with van der Waals surface area (Å²) >= 11 is 0. The summed E-state index contributed by atoms with van der Waals surface area (Å²) in [6, 6.07) is 8.92. The lowest BCUT2D eigenvalue weighted by Gasteiger charge is -2.21. The predicted octanol–water partition coefficient (Wildman–Crippen LogP) is 2.68. The molecule has 1 aliphatic heterocycles. The summed E-state index contributed by atoms with van der Waals surface area (Å²) in [6.07, 6.45) is 3.82. The zero-order valence-electron chi connectivity index (χ0n) is 16.7. The molecule has 0 radical (unpaired) electrons. The first-order valence-electron chi connectivity index (χ1n) is 9.93. The summed E-state index contributed by atoms with van der Waals surface area (Å²) < 4.78 is 16.1. The van der Waals surface area contributed by atoms with Crippen molar-refractivity contribution in [3.63, 3.8) is 0 Å². The number of benzene rings is 1. The lowest BCUT2D eigenvalue weighted by Crippen LogP contribution is -2.36. The molecule has 7 nitrogen and oxygen atoms in total. The third kappa shape index (κ3) is 4.09. The molecule has 1 aromatic heterocycles. The average Bonchev–Trinajstić information content (AvgIpc) is 3.23. The van der Waals surface area contributed by atoms with Crippen LogP contribution in [0.5, 0.6) is 11.5 Å². The van der Waals surface area contributed by atoms with Crippen LogP contribution < -0.4 is 14.8 Å². The van der Waals surface area contributed by atoms with Crippen molar-refractivity contribution in [3.05, 3.63) is 47.9 Å². The van der Waals surface area contributed by atoms with Gasteiger partial charge in [-0.1, -0.05) is 6.07 Å². The Bertz CT molecular complexity index is 875. The van der Waals surface area contributed by atoms with Crippen molar-refractivity contribution >= 4 is 11.8 Å². The van der Waals surface area contributed by atoms with Crippen molar-refractivity contribution in [1.82, 2.24) is 10.2 Å². The van der Waals surface area contributed by atoms with Gasteiger partial charge in [-0.15, -0.1) is 0 Å². The molecule has 2 fully saturated rings. The number of ether oxygens (including phenoxy) is 2. The highest BCUT2D eigenvalue weighted by Crippen LogP contribution is 2.40. The predicted molar refractivity (Wildman–Crippen MR) is 106 cm³/mol. The number of carbonyl (C=O) groups is 2. The van der Waals surface area contributed by atoms with E-state index in [4.69, 9.17) is 13.9 Å². The standard InChI is InChI=1S/C22H26N2O5/c1-27-15-7-8-16(20(10-15)28-2)17-12-24(22(26)19-4-3-9-29-19)13-18(17)21(25)23-11-14-5-6-14/h3-4,7-10,14,17-18H,5-6,11-13H2,1-2H3,(H,23,25). The Labute approximate surface area is 170 Å². The maximum atomic E-state index is 13.0. The van der Waals surface area contributed by atoms with Gasteiger partial charge in [-0.05, 0) is 37.0 Å². The third-order valence-electron chi connectivity index (χ3n) is 5.78. The fourth-order valence-electron chi connectivity index (χ4n) is 3.93. The van der Waals surface area contributed by atoms with E-state index in [1.165, 1.54) is 19.1 Å². The van der Waals surface area contributed by atoms with Crippen LogP contribution in [0.4, 0.5) is 0 Å². The molecule has 1 N–H and O–H groups in total. The molecule has 2 aliphatic rings. The largest absolute Gasteiger partial charge is 0.497 e. The normalized spacial score (nSPS) is 21.1. The lowest BCUT2D eigenvalue weighted by molar-refractivity contribution is -0.125. The van der Waals surface area contributed by atoms with Crippen LogP contribution in [0, 0.1) is 11.8 Å². The van der Waals surface area contributed by atoms with Crippen LogP contribution in [0.2, 0.25) is 0 Å². The Kier molecular flexibility index (Phi) is 5.47. The minimum Gasteiger partial charge on any atom is -0.497 e. The van der Waals surface area contributed by atoms with Crippen molar-refractivity contribution in [3.8, 4) is 11.5 Å². The molecule has 1 aliphatic carbocycles. The topological polar surface area (TPSA) is 81.0 Å². The van der Waals surface area contributed by atoms with E-state index in [9.17, 15) is 9.59 Å². The second-order valence-electron chi connectivity index (χ2n) is 7.70. The third-order valence-corrected chi connectivity index (χ3v) is 5.78. The summed E-state index contributed by atoms with van der Waals surface area (Å²) in [4.78, 5) is 27.5. The van der Waals surface area contributed by atoms with E-state index in [0.29, 0.717) is 37.1 Å². The van der Waals surface area contributed by atoms with Crippen LogP contribution in [0.1, 0.15) is 34.9 Å². The molecule has 2 atom stereocenters. The van der Waals surface area contributed by atoms with Gasteiger partial charge in [0, 0.05) is 37.2 Å². The molecule has 1 aromatic carbocycles. The highest BCUT2D eigenvalue weighted by molar-refractivity contribution is 5.92. The fourth-order valence-corrected chi connectivity index (χ4v) is 3.93. The summed E-state index contributed by atoms with van der Waals surface area (Å²) in [5.74, 6) is 1.46. The van der Waals surface area contributed by atoms with E-state index in [1.54, 1.807) is 31.3 Å². The van der Waals surface area contributed by atoms with Crippen LogP contribution in [0.25, 0.3) is 0 Å². The maximum absolute atomic E-state index is 13.0. The Hall–Kier alpha value is -2.96. The first-order valence-corrected chi connectivity index (χ1v) is 9.93. The van der Waals surface area contributed by atoms with Crippen molar-refractivity contribution in [2.75, 3.05) is 33.9 Å². The Balaban J connectivity index is 1.60. The quantitative estimate of drug-likeness (QED) is 0.776. The summed E-state index contributed by atoms with van der Waals surface area (Å²) in [5, 5.41) is 3.07. The highest BCUT2D eigenvalue weighted by Gasteiger charge is 2.42. The molecule has 154 valence electrons. The van der Waals surface area contributed by atoms with Crippen LogP contribution in [0.15, 0.2) is 41.0 Å². The number of carbonyl (C=O) groups excluding carboxylic acids is 2. The summed E-state index contributed by atoms with van der Waals surface area (Å²) in [7, 11) is 3.20. The van der Waals surface area contributed by atoms with Crippen molar-refractivity contribution in [2.45, 2.75) is 18.8 Å². The molecule has 1 saturated heterocycles. The lowest BCUT2D eigenvalue weighted by atomic mass is 9.87. The molecule has 2 aromatic rings. The zero-order valence-corrected chi connectivity index (χ0v) is 16.7. The van der Waals surface area contributed by atoms with Gasteiger partial charge in [-0.3, -0.25) is 9.59 Å². The SMILES string of the molecule is COc1ccc(C2CN(C(=O)c3ccco3)CC2C(=O)NCC2CC2)c(OC)c1. The van der Waals surface area contributed by atoms with Crippen LogP contribution in [-0.2, 0) is 4.79 Å². The van der Waals surface area contributed by atoms with E-state index < -0.39 is 0 Å². The van der Waals surface area contributed by atoms with Crippen molar-refractivity contribution in [2.24, 2.45) is 11.8 Å². The van der Waals surface area contributed by atoms with Crippen molar-refractivity contribution in [1.29, 1.82) is 0 Å². The molecule has 1 saturated carbocycles. The number of furan rings is 1. The Morgan fingerprint density at radius 3 is 2.66 bits per heavy atom. The molecular formula is C22H26N2O5. The first-order chi connectivity index (χ1) is 14.1. The number of nitrogens with zero attached hydrogens (tertiary/aromatic N) is 1. The van der Waals surface area contributed by atoms with Gasteiger partial charge in [0.05, 0.1) is 26.4 Å². The van der Waals surface area contributed by atoms with E-state index in [2.05, 4.69) is 5.32 Å². The Morgan fingerprint density at radius 1 is 1.17 bits per heavy atom. The monoisotopic (exact) mass is 398 g/mol. The zero-order chi connectivity index (χ0) is 20.4. The molecule has 29 heavy (non-hydrogen) atoms. The number of likely N-dealkylation sites (tertiary alicyclic amines) is 1. The van der Waals surface area contributed by atoms with E-state index in [0.717, 1.165) is 5.56 Å². The number of amides is 2. The number of nitrogens with one attached hydrogen (secondary N) is 1. The van der Waals surface area contributed by atoms with Gasteiger partial charge in [0.2, 0.25) is 5.91 Å². The number of hydrogen-bond donors (Lipinski definition) is 1. The first kappa shape index (κ1) is 19.4. The molecule has 0 bridgehead atoms. The molecule has 0 spiro atoms. The maximum Gasteiger partial charge on any atom is 0.289 e. The van der Waals surface area contributed by atoms with Gasteiger partial charge in [0.1, 0.15) is 11.5 Å². The minimum absolute atomic E-state index is 0.0190. The molecule has 2 heterocycles. The summed E-state index contributed by atoms with van der Waals surface area (Å²) in [5.41, 5.74) is 0.898. The van der Waals surface area contributed by atoms with Crippen LogP contribution in [0.3, 0.4) is 0 Å². The van der Waals surface area contributed by atoms with Crippen molar-refractivity contribution < 1.29 is 23.5 Å². The van der Waals surface area contributed by atoms with E-state index in [-0.39, 0.29) is 29.4 Å². The number of rotatable bonds is 7. The van der Waals surface area contributed by atoms with Gasteiger partial charge < -0.3 is 24.1 Å². The molecule has 2 amide bonds. The average molecular weight is 398 g/mol. The van der Waals surface area contributed by atoms with E-state index in [1.807, 2.05) is 18.2 Å². The molecular weight excluding hydrogens is 372 g/mol. The van der Waals surface area contributed by atoms with Gasteiger partial charge in [0.25, 0.3) is 5.91 Å². The summed E-state index contributed by atoms with van der Waals surface area (Å²) in [6.45, 7) is 1.47. The van der Waals surface area contributed by atoms with Gasteiger partial charge in [-0.25, -0.2) is 0 Å². The van der Waals surface area contributed by atoms with Crippen LogP contribution >= 0.6 is 0 Å². The van der Waals surface area contributed by atoms with Crippen LogP contribution in [-0.4, -0.2) is 50.6 Å². The van der Waals surface area contributed by atoms with Gasteiger partial charge in [0.15, 0.2) is 5.76 Å². The second kappa shape index (κ2) is 8.19. The smallest absolute Gasteiger partial charge is 0.289 e. The fraction of sp³-hybridized carbons (Fsp3) is 0.455. The highest BCUT2D eigenvalue weighted by atomic mass is 16.5. The second-order valence-corrected chi connectivity index (χ2v) is 7.70. The van der Waals surface area contributed by atoms with Gasteiger partial charge >= 0.3 is 0 Å². The Morgan fingerprint density at radius 2 is 2.00 bits per heavy atom. The molecule has 4 rings (SSSR count). The number of methoxy groups -OCH3 is 2. The van der Waals surface area contributed by atoms with E-state index >= 15 is 0 Å². The van der Waals surface area contributed by atoms with Gasteiger partial charge in [-0.2, -0.15) is 0 Å². The molecule has 2 unspecified atom stereocenters.